The Kier molecular flexibility index (Phi) is 11.6. The van der Waals surface area contributed by atoms with Crippen LogP contribution in [-0.2, 0) is 30.3 Å². The van der Waals surface area contributed by atoms with Gasteiger partial charge in [0, 0.05) is 14.5 Å². The van der Waals surface area contributed by atoms with Crippen LogP contribution in [0.4, 0.5) is 4.79 Å². The number of esters is 1. The predicted molar refractivity (Wildman–Crippen MR) is 185 cm³/mol. The predicted octanol–water partition coefficient (Wildman–Crippen LogP) is 5.54. The quantitative estimate of drug-likeness (QED) is 0.184. The van der Waals surface area contributed by atoms with Crippen LogP contribution in [0, 0.1) is 0 Å². The van der Waals surface area contributed by atoms with Gasteiger partial charge in [0.25, 0.3) is 0 Å². The molecule has 0 radical (unpaired) electrons. The number of carbonyl (C=O) groups is 4. The van der Waals surface area contributed by atoms with E-state index in [0.29, 0.717) is 22.9 Å². The van der Waals surface area contributed by atoms with E-state index in [1.165, 1.54) is 19.2 Å². The molecule has 0 aliphatic carbocycles. The minimum atomic E-state index is -1.58. The summed E-state index contributed by atoms with van der Waals surface area (Å²) in [7, 11) is -0.216. The van der Waals surface area contributed by atoms with Crippen molar-refractivity contribution < 1.29 is 43.2 Å². The van der Waals surface area contributed by atoms with E-state index in [9.17, 15) is 24.3 Å². The van der Waals surface area contributed by atoms with Crippen molar-refractivity contribution in [3.05, 3.63) is 83.4 Å². The maximum absolute atomic E-state index is 14.2. The van der Waals surface area contributed by atoms with Gasteiger partial charge in [-0.25, -0.2) is 9.59 Å². The van der Waals surface area contributed by atoms with E-state index >= 15 is 0 Å². The zero-order chi connectivity index (χ0) is 35.9. The summed E-state index contributed by atoms with van der Waals surface area (Å²) in [5.41, 5.74) is 0.420. The Morgan fingerprint density at radius 1 is 0.959 bits per heavy atom. The largest absolute Gasteiger partial charge is 0.504 e. The van der Waals surface area contributed by atoms with Gasteiger partial charge >= 0.3 is 12.1 Å². The summed E-state index contributed by atoms with van der Waals surface area (Å²) in [5, 5.41) is 19.1. The number of phenolic OH excluding ortho intramolecular Hbond substituents is 1. The molecule has 2 aliphatic heterocycles. The Hall–Kier alpha value is -5.04. The fraction of sp³-hybridized carbons (Fsp3) is 0.389. The van der Waals surface area contributed by atoms with Crippen LogP contribution in [-0.4, -0.2) is 62.4 Å². The molecule has 49 heavy (non-hydrogen) atoms. The third kappa shape index (κ3) is 10.5. The van der Waals surface area contributed by atoms with Gasteiger partial charge < -0.3 is 40.0 Å². The number of methoxy groups -OCH3 is 1. The number of ether oxygens (including phenoxy) is 4. The van der Waals surface area contributed by atoms with Crippen LogP contribution in [0.1, 0.15) is 49.5 Å². The van der Waals surface area contributed by atoms with Crippen molar-refractivity contribution in [3.8, 4) is 23.0 Å². The number of alkyl carbamates (subject to hydrolysis) is 1. The van der Waals surface area contributed by atoms with E-state index in [0.717, 1.165) is 0 Å². The van der Waals surface area contributed by atoms with Crippen LogP contribution >= 0.6 is 0 Å². The highest BCUT2D eigenvalue weighted by atomic mass is 28.3. The second-order valence-corrected chi connectivity index (χ2v) is 19.6. The van der Waals surface area contributed by atoms with E-state index in [4.69, 9.17) is 18.9 Å². The molecule has 0 saturated carbocycles. The van der Waals surface area contributed by atoms with E-state index < -0.39 is 55.7 Å². The van der Waals surface area contributed by atoms with Crippen molar-refractivity contribution in [1.29, 1.82) is 0 Å². The van der Waals surface area contributed by atoms with Gasteiger partial charge in [0.15, 0.2) is 17.5 Å². The molecule has 3 aromatic rings. The summed E-state index contributed by atoms with van der Waals surface area (Å²) in [4.78, 5) is 54.7. The molecule has 3 aromatic carbocycles. The Labute approximate surface area is 287 Å². The molecule has 2 aliphatic rings. The maximum Gasteiger partial charge on any atom is 0.408 e. The molecule has 0 unspecified atom stereocenters. The molecule has 3 atom stereocenters. The van der Waals surface area contributed by atoms with Crippen molar-refractivity contribution in [1.82, 2.24) is 16.0 Å². The SMILES string of the molecule is COc1c(O)cc2cc1Oc1ccc(cc1)C[C@@H](NC(=O)OC(C)(C)C)C(=O)N[C@@H](c1ccccc1)C(=O)N[C@@H]2C(=O)OCC[Si](C)(C)C. The second kappa shape index (κ2) is 15.5. The Morgan fingerprint density at radius 2 is 1.63 bits per heavy atom. The molecular formula is C36H45N3O9Si. The van der Waals surface area contributed by atoms with Crippen LogP contribution in [0.3, 0.4) is 0 Å². The number of hydrogen-bond donors (Lipinski definition) is 4. The summed E-state index contributed by atoms with van der Waals surface area (Å²) < 4.78 is 22.6. The minimum absolute atomic E-state index is 0.0159. The van der Waals surface area contributed by atoms with Gasteiger partial charge in [-0.3, -0.25) is 9.59 Å². The van der Waals surface area contributed by atoms with E-state index in [2.05, 4.69) is 35.6 Å². The fourth-order valence-electron chi connectivity index (χ4n) is 5.00. The number of fused-ring (bicyclic) bond motifs is 9. The molecule has 0 fully saturated rings. The third-order valence-electron chi connectivity index (χ3n) is 7.49. The number of nitrogens with one attached hydrogen (secondary N) is 3. The van der Waals surface area contributed by atoms with Crippen molar-refractivity contribution >= 4 is 32.0 Å². The molecule has 0 spiro atoms. The maximum atomic E-state index is 14.2. The summed E-state index contributed by atoms with van der Waals surface area (Å²) in [6, 6.07) is 14.8. The lowest BCUT2D eigenvalue weighted by molar-refractivity contribution is -0.148. The number of carbonyl (C=O) groups excluding carboxylic acids is 4. The van der Waals surface area contributed by atoms with Gasteiger partial charge in [0.1, 0.15) is 23.4 Å². The summed E-state index contributed by atoms with van der Waals surface area (Å²) in [6.45, 7) is 11.7. The number of hydrogen-bond acceptors (Lipinski definition) is 9. The zero-order valence-electron chi connectivity index (χ0n) is 28.9. The lowest BCUT2D eigenvalue weighted by Gasteiger charge is -2.27. The van der Waals surface area contributed by atoms with Crippen LogP contribution in [0.2, 0.25) is 25.7 Å². The van der Waals surface area contributed by atoms with Gasteiger partial charge in [-0.15, -0.1) is 0 Å². The second-order valence-electron chi connectivity index (χ2n) is 14.0. The number of amides is 3. The molecule has 5 rings (SSSR count). The number of aromatic hydroxyl groups is 1. The molecule has 2 heterocycles. The van der Waals surface area contributed by atoms with Gasteiger partial charge in [0.05, 0.1) is 13.7 Å². The van der Waals surface area contributed by atoms with Crippen LogP contribution < -0.4 is 25.4 Å². The molecule has 12 nitrogen and oxygen atoms in total. The molecule has 13 heteroatoms. The number of benzene rings is 3. The average molecular weight is 692 g/mol. The smallest absolute Gasteiger partial charge is 0.408 e. The summed E-state index contributed by atoms with van der Waals surface area (Å²) >= 11 is 0. The number of rotatable bonds is 7. The minimum Gasteiger partial charge on any atom is -0.504 e. The fourth-order valence-corrected chi connectivity index (χ4v) is 5.72. The zero-order valence-corrected chi connectivity index (χ0v) is 29.9. The molecule has 3 amide bonds. The van der Waals surface area contributed by atoms with E-state index in [1.807, 2.05) is 0 Å². The third-order valence-corrected chi connectivity index (χ3v) is 9.20. The molecule has 0 saturated heterocycles. The van der Waals surface area contributed by atoms with E-state index in [1.54, 1.807) is 75.4 Å². The van der Waals surface area contributed by atoms with Crippen molar-refractivity contribution in [2.24, 2.45) is 0 Å². The normalized spacial score (nSPS) is 18.4. The highest BCUT2D eigenvalue weighted by Crippen LogP contribution is 2.42. The highest BCUT2D eigenvalue weighted by molar-refractivity contribution is 6.76. The first-order valence-corrected chi connectivity index (χ1v) is 19.7. The van der Waals surface area contributed by atoms with Crippen molar-refractivity contribution in [2.75, 3.05) is 13.7 Å². The van der Waals surface area contributed by atoms with Crippen molar-refractivity contribution in [2.45, 2.75) is 76.6 Å². The molecule has 4 N–H and O–H groups in total. The summed E-state index contributed by atoms with van der Waals surface area (Å²) in [5.74, 6) is -2.04. The Bertz CT molecular complexity index is 1650. The molecular weight excluding hydrogens is 646 g/mol. The Morgan fingerprint density at radius 3 is 2.24 bits per heavy atom. The summed E-state index contributed by atoms with van der Waals surface area (Å²) in [6.07, 6.45) is -0.769. The van der Waals surface area contributed by atoms with Crippen LogP contribution in [0.5, 0.6) is 23.0 Å². The topological polar surface area (TPSA) is 162 Å². The number of phenols is 1. The van der Waals surface area contributed by atoms with Gasteiger partial charge in [0.2, 0.25) is 17.6 Å². The first-order valence-electron chi connectivity index (χ1n) is 16.0. The average Bonchev–Trinajstić information content (AvgIpc) is 3.01. The lowest BCUT2D eigenvalue weighted by atomic mass is 10.0. The van der Waals surface area contributed by atoms with Gasteiger partial charge in [-0.2, -0.15) is 0 Å². The first kappa shape index (κ1) is 36.8. The molecule has 4 bridgehead atoms. The molecule has 0 aromatic heterocycles. The molecule has 262 valence electrons. The highest BCUT2D eigenvalue weighted by Gasteiger charge is 2.34. The van der Waals surface area contributed by atoms with Crippen LogP contribution in [0.15, 0.2) is 66.7 Å². The van der Waals surface area contributed by atoms with Crippen molar-refractivity contribution in [3.63, 3.8) is 0 Å². The monoisotopic (exact) mass is 691 g/mol. The standard InChI is InChI=1S/C36H45N3O9Si/c1-36(2,3)48-35(44)37-26-19-22-13-15-25(16-14-22)47-28-21-24(20-27(40)31(28)45-4)30(34(43)46-17-18-49(5,6)7)39-33(42)29(38-32(26)41)23-11-9-8-10-12-23/h8-16,20-21,26,29-30,40H,17-19H2,1-7H3,(H,37,44)(H,38,41)(H,39,42)/t26-,29+,30+/m1/s1. The van der Waals surface area contributed by atoms with Gasteiger partial charge in [-0.1, -0.05) is 62.1 Å². The Balaban J connectivity index is 1.83. The lowest BCUT2D eigenvalue weighted by Crippen LogP contribution is -2.52. The van der Waals surface area contributed by atoms with Crippen LogP contribution in [0.25, 0.3) is 0 Å². The first-order chi connectivity index (χ1) is 23.0. The van der Waals surface area contributed by atoms with Gasteiger partial charge in [-0.05, 0) is 67.8 Å². The van der Waals surface area contributed by atoms with E-state index in [-0.39, 0.29) is 35.8 Å².